The smallest absolute Gasteiger partial charge is 0.227 e. The summed E-state index contributed by atoms with van der Waals surface area (Å²) in [6.07, 6.45) is 5.60. The summed E-state index contributed by atoms with van der Waals surface area (Å²) in [5.74, 6) is 2.40. The lowest BCUT2D eigenvalue weighted by molar-refractivity contribution is -0.122. The lowest BCUT2D eigenvalue weighted by Crippen LogP contribution is -2.48. The van der Waals surface area contributed by atoms with E-state index >= 15 is 0 Å². The standard InChI is InChI=1S/C21H32N2OS/c1-13(2)25-12-17-8-5-9-19(14(17)3)23-21(24)18-10-15-6-4-7-16(11-18)20(15)22/h5,8-9,13,15-16,18,20H,4,6-7,10-12,22H2,1-3H3,(H,23,24). The Kier molecular flexibility index (Phi) is 6.11. The number of nitrogens with two attached hydrogens (primary N) is 1. The van der Waals surface area contributed by atoms with E-state index < -0.39 is 0 Å². The van der Waals surface area contributed by atoms with Crippen LogP contribution in [0.5, 0.6) is 0 Å². The third kappa shape index (κ3) is 4.40. The first-order valence-electron chi connectivity index (χ1n) is 9.72. The van der Waals surface area contributed by atoms with Crippen LogP contribution >= 0.6 is 11.8 Å². The van der Waals surface area contributed by atoms with E-state index in [1.165, 1.54) is 30.4 Å². The Hall–Kier alpha value is -1.00. The summed E-state index contributed by atoms with van der Waals surface area (Å²) in [7, 11) is 0. The van der Waals surface area contributed by atoms with E-state index in [4.69, 9.17) is 5.73 Å². The SMILES string of the molecule is Cc1c(CSC(C)C)cccc1NC(=O)C1CC2CCCC(C1)C2N. The van der Waals surface area contributed by atoms with Crippen LogP contribution < -0.4 is 11.1 Å². The maximum Gasteiger partial charge on any atom is 0.227 e. The van der Waals surface area contributed by atoms with Gasteiger partial charge in [-0.1, -0.05) is 32.4 Å². The van der Waals surface area contributed by atoms with E-state index in [0.717, 1.165) is 24.3 Å². The van der Waals surface area contributed by atoms with Gasteiger partial charge in [-0.25, -0.2) is 0 Å². The lowest BCUT2D eigenvalue weighted by Gasteiger charge is -2.43. The zero-order valence-electron chi connectivity index (χ0n) is 15.8. The number of fused-ring (bicyclic) bond motifs is 2. The second kappa shape index (κ2) is 8.13. The average molecular weight is 361 g/mol. The second-order valence-corrected chi connectivity index (χ2v) is 9.70. The van der Waals surface area contributed by atoms with Crippen LogP contribution in [0.15, 0.2) is 18.2 Å². The second-order valence-electron chi connectivity index (χ2n) is 8.14. The van der Waals surface area contributed by atoms with Gasteiger partial charge in [-0.2, -0.15) is 11.8 Å². The Morgan fingerprint density at radius 1 is 1.28 bits per heavy atom. The molecule has 2 unspecified atom stereocenters. The van der Waals surface area contributed by atoms with Crippen molar-refractivity contribution in [2.45, 2.75) is 69.9 Å². The molecule has 3 rings (SSSR count). The number of benzene rings is 1. The van der Waals surface area contributed by atoms with E-state index in [2.05, 4.69) is 38.2 Å². The van der Waals surface area contributed by atoms with Crippen LogP contribution in [-0.4, -0.2) is 17.2 Å². The highest BCUT2D eigenvalue weighted by Gasteiger charge is 2.40. The van der Waals surface area contributed by atoms with Gasteiger partial charge >= 0.3 is 0 Å². The number of anilines is 1. The van der Waals surface area contributed by atoms with Crippen molar-refractivity contribution >= 4 is 23.4 Å². The van der Waals surface area contributed by atoms with Crippen LogP contribution in [-0.2, 0) is 10.5 Å². The zero-order chi connectivity index (χ0) is 18.0. The number of amides is 1. The molecule has 2 fully saturated rings. The average Bonchev–Trinajstić information content (AvgIpc) is 2.55. The summed E-state index contributed by atoms with van der Waals surface area (Å²) < 4.78 is 0. The quantitative estimate of drug-likeness (QED) is 0.798. The van der Waals surface area contributed by atoms with Crippen molar-refractivity contribution < 1.29 is 4.79 Å². The molecular weight excluding hydrogens is 328 g/mol. The fourth-order valence-electron chi connectivity index (χ4n) is 4.47. The van der Waals surface area contributed by atoms with E-state index in [1.54, 1.807) is 0 Å². The normalized spacial score (nSPS) is 28.8. The Balaban J connectivity index is 1.66. The molecule has 2 saturated carbocycles. The molecule has 25 heavy (non-hydrogen) atoms. The van der Waals surface area contributed by atoms with Gasteiger partial charge in [-0.05, 0) is 66.9 Å². The first-order chi connectivity index (χ1) is 12.0. The monoisotopic (exact) mass is 360 g/mol. The lowest BCUT2D eigenvalue weighted by atomic mass is 9.65. The molecule has 0 saturated heterocycles. The van der Waals surface area contributed by atoms with Crippen molar-refractivity contribution in [2.75, 3.05) is 5.32 Å². The van der Waals surface area contributed by atoms with Crippen molar-refractivity contribution in [3.63, 3.8) is 0 Å². The predicted octanol–water partition coefficient (Wildman–Crippen LogP) is 4.73. The molecule has 3 nitrogen and oxygen atoms in total. The largest absolute Gasteiger partial charge is 0.327 e. The molecule has 2 bridgehead atoms. The maximum atomic E-state index is 12.9. The van der Waals surface area contributed by atoms with Crippen LogP contribution in [0.2, 0.25) is 0 Å². The summed E-state index contributed by atoms with van der Waals surface area (Å²) in [5.41, 5.74) is 9.87. The Morgan fingerprint density at radius 2 is 1.96 bits per heavy atom. The van der Waals surface area contributed by atoms with Gasteiger partial charge in [0.05, 0.1) is 0 Å². The van der Waals surface area contributed by atoms with Crippen LogP contribution in [0.4, 0.5) is 5.69 Å². The number of rotatable bonds is 5. The van der Waals surface area contributed by atoms with Crippen molar-refractivity contribution in [3.05, 3.63) is 29.3 Å². The minimum Gasteiger partial charge on any atom is -0.327 e. The zero-order valence-corrected chi connectivity index (χ0v) is 16.6. The van der Waals surface area contributed by atoms with Crippen LogP contribution in [0, 0.1) is 24.7 Å². The molecule has 2 atom stereocenters. The topological polar surface area (TPSA) is 55.1 Å². The van der Waals surface area contributed by atoms with Gasteiger partial charge in [0.1, 0.15) is 0 Å². The first-order valence-corrected chi connectivity index (χ1v) is 10.8. The summed E-state index contributed by atoms with van der Waals surface area (Å²) in [5, 5.41) is 3.84. The molecule has 1 aromatic carbocycles. The molecule has 2 aliphatic rings. The minimum atomic E-state index is 0.128. The molecule has 1 amide bonds. The summed E-state index contributed by atoms with van der Waals surface area (Å²) in [6, 6.07) is 6.58. The third-order valence-electron chi connectivity index (χ3n) is 6.06. The maximum absolute atomic E-state index is 12.9. The van der Waals surface area contributed by atoms with Crippen LogP contribution in [0.1, 0.15) is 57.1 Å². The number of nitrogens with one attached hydrogen (secondary N) is 1. The van der Waals surface area contributed by atoms with Crippen molar-refractivity contribution in [1.29, 1.82) is 0 Å². The van der Waals surface area contributed by atoms with Crippen molar-refractivity contribution in [3.8, 4) is 0 Å². The Morgan fingerprint density at radius 3 is 2.60 bits per heavy atom. The number of thioether (sulfide) groups is 1. The number of hydrogen-bond acceptors (Lipinski definition) is 3. The highest BCUT2D eigenvalue weighted by atomic mass is 32.2. The molecule has 4 heteroatoms. The molecule has 0 aliphatic heterocycles. The van der Waals surface area contributed by atoms with Gasteiger partial charge in [0, 0.05) is 23.4 Å². The third-order valence-corrected chi connectivity index (χ3v) is 7.20. The number of carbonyl (C=O) groups is 1. The molecule has 138 valence electrons. The van der Waals surface area contributed by atoms with Gasteiger partial charge in [-0.15, -0.1) is 0 Å². The molecular formula is C21H32N2OS. The van der Waals surface area contributed by atoms with Crippen molar-refractivity contribution in [2.24, 2.45) is 23.5 Å². The molecule has 0 aromatic heterocycles. The van der Waals surface area contributed by atoms with Gasteiger partial charge in [0.25, 0.3) is 0 Å². The van der Waals surface area contributed by atoms with E-state index in [1.807, 2.05) is 17.8 Å². The summed E-state index contributed by atoms with van der Waals surface area (Å²) in [6.45, 7) is 6.56. The Labute approximate surface area is 156 Å². The fraction of sp³-hybridized carbons (Fsp3) is 0.667. The van der Waals surface area contributed by atoms with E-state index in [-0.39, 0.29) is 11.8 Å². The van der Waals surface area contributed by atoms with E-state index in [9.17, 15) is 4.79 Å². The number of carbonyl (C=O) groups excluding carboxylic acids is 1. The summed E-state index contributed by atoms with van der Waals surface area (Å²) in [4.78, 5) is 12.9. The van der Waals surface area contributed by atoms with Crippen LogP contribution in [0.3, 0.4) is 0 Å². The number of hydrogen-bond donors (Lipinski definition) is 2. The van der Waals surface area contributed by atoms with Gasteiger partial charge < -0.3 is 11.1 Å². The highest BCUT2D eigenvalue weighted by molar-refractivity contribution is 7.99. The van der Waals surface area contributed by atoms with Crippen molar-refractivity contribution in [1.82, 2.24) is 0 Å². The molecule has 3 N–H and O–H groups in total. The fourth-order valence-corrected chi connectivity index (χ4v) is 5.30. The minimum absolute atomic E-state index is 0.128. The highest BCUT2D eigenvalue weighted by Crippen LogP contribution is 2.42. The molecule has 1 aromatic rings. The molecule has 0 spiro atoms. The summed E-state index contributed by atoms with van der Waals surface area (Å²) >= 11 is 1.94. The molecule has 0 radical (unpaired) electrons. The molecule has 2 aliphatic carbocycles. The van der Waals surface area contributed by atoms with E-state index in [0.29, 0.717) is 23.1 Å². The predicted molar refractivity (Wildman–Crippen MR) is 108 cm³/mol. The van der Waals surface area contributed by atoms with Crippen LogP contribution in [0.25, 0.3) is 0 Å². The molecule has 0 heterocycles. The van der Waals surface area contributed by atoms with Gasteiger partial charge in [-0.3, -0.25) is 4.79 Å². The Bertz CT molecular complexity index is 602. The first kappa shape index (κ1) is 18.8. The van der Waals surface area contributed by atoms with Gasteiger partial charge in [0.2, 0.25) is 5.91 Å². The van der Waals surface area contributed by atoms with Gasteiger partial charge in [0.15, 0.2) is 0 Å².